The highest BCUT2D eigenvalue weighted by atomic mass is 16.4. The van der Waals surface area contributed by atoms with Gasteiger partial charge in [0.2, 0.25) is 5.91 Å². The van der Waals surface area contributed by atoms with E-state index in [2.05, 4.69) is 10.6 Å². The molecule has 1 aromatic rings. The second-order valence-corrected chi connectivity index (χ2v) is 6.27. The Morgan fingerprint density at radius 2 is 1.74 bits per heavy atom. The minimum atomic E-state index is -1.12. The molecule has 2 amide bonds. The quantitative estimate of drug-likeness (QED) is 0.719. The van der Waals surface area contributed by atoms with E-state index < -0.39 is 11.4 Å². The monoisotopic (exact) mass is 320 g/mol. The van der Waals surface area contributed by atoms with Gasteiger partial charge in [0, 0.05) is 23.7 Å². The first kappa shape index (κ1) is 18.7. The summed E-state index contributed by atoms with van der Waals surface area (Å²) in [6.45, 7) is 6.91. The number of rotatable bonds is 7. The molecule has 0 saturated heterocycles. The van der Waals surface area contributed by atoms with E-state index >= 15 is 0 Å². The highest BCUT2D eigenvalue weighted by molar-refractivity contribution is 5.96. The van der Waals surface area contributed by atoms with Crippen molar-refractivity contribution in [2.24, 2.45) is 5.41 Å². The van der Waals surface area contributed by atoms with Crippen molar-refractivity contribution in [2.45, 2.75) is 46.6 Å². The molecule has 0 aliphatic carbocycles. The van der Waals surface area contributed by atoms with Gasteiger partial charge in [-0.05, 0) is 51.5 Å². The molecule has 1 rings (SSSR count). The molecule has 0 saturated carbocycles. The number of hydrogen-bond donors (Lipinski definition) is 3. The molecule has 6 nitrogen and oxygen atoms in total. The number of aliphatic carboxylic acids is 1. The van der Waals surface area contributed by atoms with Crippen LogP contribution in [0.25, 0.3) is 0 Å². The molecule has 1 aromatic carbocycles. The first-order valence-corrected chi connectivity index (χ1v) is 7.60. The fourth-order valence-electron chi connectivity index (χ4n) is 1.80. The number of benzene rings is 1. The Kier molecular flexibility index (Phi) is 6.30. The summed E-state index contributed by atoms with van der Waals surface area (Å²) in [7, 11) is 0. The molecule has 126 valence electrons. The van der Waals surface area contributed by atoms with Gasteiger partial charge in [0.25, 0.3) is 5.91 Å². The number of carboxylic acids is 1. The van der Waals surface area contributed by atoms with Crippen LogP contribution in [0.2, 0.25) is 0 Å². The Morgan fingerprint density at radius 1 is 1.17 bits per heavy atom. The lowest BCUT2D eigenvalue weighted by Gasteiger charge is -2.18. The van der Waals surface area contributed by atoms with E-state index in [4.69, 9.17) is 5.11 Å². The minimum absolute atomic E-state index is 0.0973. The summed E-state index contributed by atoms with van der Waals surface area (Å²) in [5.74, 6) is -1.57. The summed E-state index contributed by atoms with van der Waals surface area (Å²) in [6, 6.07) is 6.58. The number of hydrogen-bond acceptors (Lipinski definition) is 3. The second kappa shape index (κ2) is 7.76. The summed E-state index contributed by atoms with van der Waals surface area (Å²) < 4.78 is 0. The van der Waals surface area contributed by atoms with Gasteiger partial charge in [0.1, 0.15) is 0 Å². The van der Waals surface area contributed by atoms with E-state index in [1.807, 2.05) is 13.8 Å². The van der Waals surface area contributed by atoms with Gasteiger partial charge >= 0.3 is 5.97 Å². The van der Waals surface area contributed by atoms with Crippen LogP contribution >= 0.6 is 0 Å². The second-order valence-electron chi connectivity index (χ2n) is 6.27. The van der Waals surface area contributed by atoms with Gasteiger partial charge in [0.05, 0.1) is 5.41 Å². The van der Waals surface area contributed by atoms with Crippen molar-refractivity contribution in [3.05, 3.63) is 29.8 Å². The first-order chi connectivity index (χ1) is 10.7. The van der Waals surface area contributed by atoms with Crippen molar-refractivity contribution in [1.82, 2.24) is 5.32 Å². The van der Waals surface area contributed by atoms with Crippen molar-refractivity contribution in [3.63, 3.8) is 0 Å². The largest absolute Gasteiger partial charge is 0.481 e. The Morgan fingerprint density at radius 3 is 2.22 bits per heavy atom. The van der Waals surface area contributed by atoms with Crippen LogP contribution in [0.4, 0.5) is 5.69 Å². The molecule has 23 heavy (non-hydrogen) atoms. The molecule has 1 atom stereocenters. The van der Waals surface area contributed by atoms with Gasteiger partial charge in [-0.1, -0.05) is 6.92 Å². The third kappa shape index (κ3) is 5.73. The van der Waals surface area contributed by atoms with Crippen molar-refractivity contribution >= 4 is 23.5 Å². The van der Waals surface area contributed by atoms with Crippen LogP contribution in [0.15, 0.2) is 24.3 Å². The molecule has 1 unspecified atom stereocenters. The normalized spacial score (nSPS) is 12.3. The number of carboxylic acid groups (broad SMARTS) is 1. The molecule has 0 fully saturated rings. The van der Waals surface area contributed by atoms with Gasteiger partial charge in [-0.2, -0.15) is 0 Å². The molecule has 0 bridgehead atoms. The van der Waals surface area contributed by atoms with Gasteiger partial charge in [-0.3, -0.25) is 14.4 Å². The molecule has 0 heterocycles. The Labute approximate surface area is 136 Å². The van der Waals surface area contributed by atoms with Crippen LogP contribution in [0.1, 0.15) is 50.9 Å². The Hall–Kier alpha value is -2.37. The fourth-order valence-corrected chi connectivity index (χ4v) is 1.80. The van der Waals surface area contributed by atoms with E-state index in [0.29, 0.717) is 11.3 Å². The Bertz CT molecular complexity index is 579. The number of amides is 2. The summed E-state index contributed by atoms with van der Waals surface area (Å²) in [5, 5.41) is 14.5. The summed E-state index contributed by atoms with van der Waals surface area (Å²) in [4.78, 5) is 34.8. The van der Waals surface area contributed by atoms with Crippen molar-refractivity contribution in [2.75, 3.05) is 5.32 Å². The van der Waals surface area contributed by atoms with Gasteiger partial charge < -0.3 is 15.7 Å². The van der Waals surface area contributed by atoms with Crippen LogP contribution < -0.4 is 10.6 Å². The highest BCUT2D eigenvalue weighted by Gasteiger charge is 2.30. The van der Waals surface area contributed by atoms with Crippen molar-refractivity contribution < 1.29 is 19.5 Å². The molecular weight excluding hydrogens is 296 g/mol. The zero-order valence-electron chi connectivity index (χ0n) is 14.0. The van der Waals surface area contributed by atoms with Crippen molar-refractivity contribution in [3.8, 4) is 0 Å². The maximum absolute atomic E-state index is 11.9. The standard InChI is InChI=1S/C17H24N2O4/c1-5-11(2)18-15(21)12-6-8-13(9-7-12)19-14(20)10-17(3,4)16(22)23/h6-9,11H,5,10H2,1-4H3,(H,18,21)(H,19,20)(H,22,23). The average molecular weight is 320 g/mol. The highest BCUT2D eigenvalue weighted by Crippen LogP contribution is 2.21. The predicted octanol–water partition coefficient (Wildman–Crippen LogP) is 2.65. The fraction of sp³-hybridized carbons (Fsp3) is 0.471. The van der Waals surface area contributed by atoms with E-state index in [0.717, 1.165) is 6.42 Å². The summed E-state index contributed by atoms with van der Waals surface area (Å²) in [5.41, 5.74) is -0.0920. The zero-order valence-corrected chi connectivity index (χ0v) is 14.0. The van der Waals surface area contributed by atoms with Gasteiger partial charge in [-0.15, -0.1) is 0 Å². The molecule has 0 aromatic heterocycles. The third-order valence-corrected chi connectivity index (χ3v) is 3.60. The number of carbonyl (C=O) groups excluding carboxylic acids is 2. The number of nitrogens with one attached hydrogen (secondary N) is 2. The molecule has 0 aliphatic heterocycles. The lowest BCUT2D eigenvalue weighted by Crippen LogP contribution is -2.31. The predicted molar refractivity (Wildman–Crippen MR) is 88.3 cm³/mol. The zero-order chi connectivity index (χ0) is 17.6. The van der Waals surface area contributed by atoms with Crippen LogP contribution in [0.3, 0.4) is 0 Å². The number of anilines is 1. The molecule has 0 aliphatic rings. The third-order valence-electron chi connectivity index (χ3n) is 3.60. The smallest absolute Gasteiger partial charge is 0.309 e. The first-order valence-electron chi connectivity index (χ1n) is 7.60. The van der Waals surface area contributed by atoms with Crippen LogP contribution in [-0.2, 0) is 9.59 Å². The molecule has 6 heteroatoms. The van der Waals surface area contributed by atoms with Gasteiger partial charge in [0.15, 0.2) is 0 Å². The topological polar surface area (TPSA) is 95.5 Å². The van der Waals surface area contributed by atoms with Crippen molar-refractivity contribution in [1.29, 1.82) is 0 Å². The average Bonchev–Trinajstić information content (AvgIpc) is 2.46. The van der Waals surface area contributed by atoms with E-state index in [-0.39, 0.29) is 24.3 Å². The molecule has 0 spiro atoms. The minimum Gasteiger partial charge on any atom is -0.481 e. The summed E-state index contributed by atoms with van der Waals surface area (Å²) in [6.07, 6.45) is 0.720. The van der Waals surface area contributed by atoms with E-state index in [1.54, 1.807) is 24.3 Å². The van der Waals surface area contributed by atoms with Gasteiger partial charge in [-0.25, -0.2) is 0 Å². The lowest BCUT2D eigenvalue weighted by molar-refractivity contribution is -0.148. The van der Waals surface area contributed by atoms with E-state index in [9.17, 15) is 14.4 Å². The molecule has 3 N–H and O–H groups in total. The molecular formula is C17H24N2O4. The maximum atomic E-state index is 11.9. The van der Waals surface area contributed by atoms with Crippen LogP contribution in [0.5, 0.6) is 0 Å². The van der Waals surface area contributed by atoms with Crippen LogP contribution in [-0.4, -0.2) is 28.9 Å². The lowest BCUT2D eigenvalue weighted by atomic mass is 9.89. The number of carbonyl (C=O) groups is 3. The summed E-state index contributed by atoms with van der Waals surface area (Å²) >= 11 is 0. The molecule has 0 radical (unpaired) electrons. The van der Waals surface area contributed by atoms with E-state index in [1.165, 1.54) is 13.8 Å². The Balaban J connectivity index is 2.65. The van der Waals surface area contributed by atoms with Crippen LogP contribution in [0, 0.1) is 5.41 Å². The SMILES string of the molecule is CCC(C)NC(=O)c1ccc(NC(=O)CC(C)(C)C(=O)O)cc1. The maximum Gasteiger partial charge on any atom is 0.309 e.